The zero-order valence-corrected chi connectivity index (χ0v) is 12.4. The molecule has 0 spiro atoms. The molecule has 1 aliphatic heterocycles. The minimum absolute atomic E-state index is 0.0563. The molecule has 6 heteroatoms. The fourth-order valence-corrected chi connectivity index (χ4v) is 4.65. The lowest BCUT2D eigenvalue weighted by Crippen LogP contribution is -2.51. The SMILES string of the molecule is CC(NC(=O)c1ccco1)C(=O)N1CC2CC3CC2C1C3O. The minimum Gasteiger partial charge on any atom is -0.459 e. The van der Waals surface area contributed by atoms with Crippen LogP contribution >= 0.6 is 0 Å². The van der Waals surface area contributed by atoms with E-state index in [1.807, 2.05) is 0 Å². The van der Waals surface area contributed by atoms with Gasteiger partial charge >= 0.3 is 0 Å². The average molecular weight is 304 g/mol. The van der Waals surface area contributed by atoms with E-state index in [9.17, 15) is 14.7 Å². The van der Waals surface area contributed by atoms with Gasteiger partial charge in [0.25, 0.3) is 5.91 Å². The molecule has 2 amide bonds. The molecule has 0 radical (unpaired) electrons. The van der Waals surface area contributed by atoms with Gasteiger partial charge < -0.3 is 19.7 Å². The van der Waals surface area contributed by atoms with Crippen LogP contribution in [0.15, 0.2) is 22.8 Å². The van der Waals surface area contributed by atoms with Gasteiger partial charge in [-0.3, -0.25) is 9.59 Å². The molecule has 6 unspecified atom stereocenters. The van der Waals surface area contributed by atoms with Crippen molar-refractivity contribution in [2.24, 2.45) is 17.8 Å². The van der Waals surface area contributed by atoms with Crippen LogP contribution in [0.3, 0.4) is 0 Å². The zero-order valence-electron chi connectivity index (χ0n) is 12.4. The highest BCUT2D eigenvalue weighted by molar-refractivity contribution is 5.95. The summed E-state index contributed by atoms with van der Waals surface area (Å²) in [4.78, 5) is 26.4. The quantitative estimate of drug-likeness (QED) is 0.858. The first kappa shape index (κ1) is 13.8. The second kappa shape index (κ2) is 4.84. The van der Waals surface area contributed by atoms with E-state index in [1.54, 1.807) is 24.0 Å². The van der Waals surface area contributed by atoms with Gasteiger partial charge in [0.05, 0.1) is 18.4 Å². The second-order valence-electron chi connectivity index (χ2n) is 6.80. The van der Waals surface area contributed by atoms with Gasteiger partial charge in [-0.2, -0.15) is 0 Å². The Kier molecular flexibility index (Phi) is 3.04. The van der Waals surface area contributed by atoms with Crippen LogP contribution in [-0.2, 0) is 4.79 Å². The smallest absolute Gasteiger partial charge is 0.287 e. The first-order valence-corrected chi connectivity index (χ1v) is 7.89. The third-order valence-corrected chi connectivity index (χ3v) is 5.59. The van der Waals surface area contributed by atoms with Crippen LogP contribution in [0.2, 0.25) is 0 Å². The van der Waals surface area contributed by atoms with Crippen LogP contribution in [-0.4, -0.2) is 46.6 Å². The lowest BCUT2D eigenvalue weighted by Gasteiger charge is -2.30. The number of furan rings is 1. The molecule has 1 aromatic heterocycles. The summed E-state index contributed by atoms with van der Waals surface area (Å²) in [6.07, 6.45) is 3.09. The van der Waals surface area contributed by atoms with Gasteiger partial charge in [0.1, 0.15) is 6.04 Å². The van der Waals surface area contributed by atoms with Crippen molar-refractivity contribution in [1.82, 2.24) is 10.2 Å². The largest absolute Gasteiger partial charge is 0.459 e. The summed E-state index contributed by atoms with van der Waals surface area (Å²) in [5, 5.41) is 13.0. The van der Waals surface area contributed by atoms with Crippen LogP contribution in [0.4, 0.5) is 0 Å². The lowest BCUT2D eigenvalue weighted by atomic mass is 9.88. The third kappa shape index (κ3) is 1.90. The van der Waals surface area contributed by atoms with E-state index in [4.69, 9.17) is 4.42 Å². The van der Waals surface area contributed by atoms with E-state index < -0.39 is 18.1 Å². The number of carbonyl (C=O) groups excluding carboxylic acids is 2. The number of fused-ring (bicyclic) bond motifs is 1. The van der Waals surface area contributed by atoms with E-state index in [-0.39, 0.29) is 17.7 Å². The maximum absolute atomic E-state index is 12.7. The van der Waals surface area contributed by atoms with Crippen molar-refractivity contribution in [2.45, 2.75) is 38.0 Å². The van der Waals surface area contributed by atoms with Crippen molar-refractivity contribution in [3.63, 3.8) is 0 Å². The Bertz CT molecular complexity index is 597. The summed E-state index contributed by atoms with van der Waals surface area (Å²) >= 11 is 0. The topological polar surface area (TPSA) is 82.8 Å². The van der Waals surface area contributed by atoms with E-state index in [0.29, 0.717) is 24.3 Å². The molecule has 3 aliphatic rings. The fourth-order valence-electron chi connectivity index (χ4n) is 4.65. The highest BCUT2D eigenvalue weighted by atomic mass is 16.3. The van der Waals surface area contributed by atoms with Gasteiger partial charge in [-0.1, -0.05) is 0 Å². The molecular weight excluding hydrogens is 284 g/mol. The summed E-state index contributed by atoms with van der Waals surface area (Å²) in [5.41, 5.74) is 0. The van der Waals surface area contributed by atoms with E-state index >= 15 is 0 Å². The molecule has 1 aromatic rings. The second-order valence-corrected chi connectivity index (χ2v) is 6.80. The highest BCUT2D eigenvalue weighted by Crippen LogP contribution is 2.54. The lowest BCUT2D eigenvalue weighted by molar-refractivity contribution is -0.135. The predicted molar refractivity (Wildman–Crippen MR) is 76.8 cm³/mol. The van der Waals surface area contributed by atoms with Gasteiger partial charge in [-0.05, 0) is 49.7 Å². The van der Waals surface area contributed by atoms with Crippen molar-refractivity contribution in [1.29, 1.82) is 0 Å². The Balaban J connectivity index is 1.45. The monoisotopic (exact) mass is 304 g/mol. The molecule has 2 heterocycles. The average Bonchev–Trinajstić information content (AvgIpc) is 3.21. The number of nitrogens with zero attached hydrogens (tertiary/aromatic N) is 1. The van der Waals surface area contributed by atoms with E-state index in [1.165, 1.54) is 6.26 Å². The van der Waals surface area contributed by atoms with Gasteiger partial charge in [0.15, 0.2) is 5.76 Å². The molecule has 1 saturated heterocycles. The van der Waals surface area contributed by atoms with E-state index in [2.05, 4.69) is 5.32 Å². The van der Waals surface area contributed by atoms with Crippen molar-refractivity contribution < 1.29 is 19.1 Å². The summed E-state index contributed by atoms with van der Waals surface area (Å²) in [7, 11) is 0. The summed E-state index contributed by atoms with van der Waals surface area (Å²) in [6, 6.07) is 2.52. The summed E-state index contributed by atoms with van der Waals surface area (Å²) < 4.78 is 5.03. The van der Waals surface area contributed by atoms with Crippen molar-refractivity contribution >= 4 is 11.8 Å². The number of hydrogen-bond acceptors (Lipinski definition) is 4. The summed E-state index contributed by atoms with van der Waals surface area (Å²) in [6.45, 7) is 2.39. The Morgan fingerprint density at radius 1 is 1.41 bits per heavy atom. The number of amides is 2. The van der Waals surface area contributed by atoms with Crippen LogP contribution in [0.5, 0.6) is 0 Å². The first-order chi connectivity index (χ1) is 10.6. The number of carbonyl (C=O) groups is 2. The van der Waals surface area contributed by atoms with Crippen LogP contribution < -0.4 is 5.32 Å². The third-order valence-electron chi connectivity index (χ3n) is 5.59. The number of rotatable bonds is 3. The Hall–Kier alpha value is -1.82. The molecule has 2 saturated carbocycles. The Labute approximate surface area is 128 Å². The molecule has 0 aromatic carbocycles. The summed E-state index contributed by atoms with van der Waals surface area (Å²) in [5.74, 6) is 1.01. The molecule has 2 bridgehead atoms. The Morgan fingerprint density at radius 3 is 2.91 bits per heavy atom. The van der Waals surface area contributed by atoms with E-state index in [0.717, 1.165) is 12.8 Å². The first-order valence-electron chi connectivity index (χ1n) is 7.89. The van der Waals surface area contributed by atoms with Crippen molar-refractivity contribution in [3.05, 3.63) is 24.2 Å². The van der Waals surface area contributed by atoms with Crippen LogP contribution in [0.1, 0.15) is 30.3 Å². The van der Waals surface area contributed by atoms with Crippen LogP contribution in [0, 0.1) is 17.8 Å². The molecule has 6 atom stereocenters. The predicted octanol–water partition coefficient (Wildman–Crippen LogP) is 0.626. The van der Waals surface area contributed by atoms with Crippen LogP contribution in [0.25, 0.3) is 0 Å². The van der Waals surface area contributed by atoms with Gasteiger partial charge in [0, 0.05) is 6.54 Å². The fraction of sp³-hybridized carbons (Fsp3) is 0.625. The number of aliphatic hydroxyl groups excluding tert-OH is 1. The van der Waals surface area contributed by atoms with Gasteiger partial charge in [-0.25, -0.2) is 0 Å². The number of aliphatic hydroxyl groups is 1. The molecule has 2 aliphatic carbocycles. The molecule has 22 heavy (non-hydrogen) atoms. The maximum atomic E-state index is 12.7. The molecule has 4 rings (SSSR count). The van der Waals surface area contributed by atoms with Gasteiger partial charge in [0.2, 0.25) is 5.91 Å². The molecule has 118 valence electrons. The molecule has 2 N–H and O–H groups in total. The van der Waals surface area contributed by atoms with Gasteiger partial charge in [-0.15, -0.1) is 0 Å². The molecule has 3 fully saturated rings. The number of nitrogens with one attached hydrogen (secondary N) is 1. The molecular formula is C16H20N2O4. The number of likely N-dealkylation sites (tertiary alicyclic amines) is 1. The minimum atomic E-state index is -0.624. The van der Waals surface area contributed by atoms with Crippen molar-refractivity contribution in [3.8, 4) is 0 Å². The normalized spacial score (nSPS) is 36.6. The standard InChI is InChI=1S/C16H20N2O4/c1-8(17-15(20)12-3-2-4-22-12)16(21)18-7-10-5-9-6-11(10)13(18)14(9)19/h2-4,8-11,13-14,19H,5-7H2,1H3,(H,17,20). The zero-order chi connectivity index (χ0) is 15.4. The Morgan fingerprint density at radius 2 is 2.23 bits per heavy atom. The molecule has 6 nitrogen and oxygen atoms in total. The van der Waals surface area contributed by atoms with Crippen molar-refractivity contribution in [2.75, 3.05) is 6.54 Å². The highest BCUT2D eigenvalue weighted by Gasteiger charge is 2.60. The number of hydrogen-bond donors (Lipinski definition) is 2. The maximum Gasteiger partial charge on any atom is 0.287 e.